The summed E-state index contributed by atoms with van der Waals surface area (Å²) in [5.41, 5.74) is -0.0828. The molecule has 1 unspecified atom stereocenters. The Balaban J connectivity index is 2.03. The second-order valence-corrected chi connectivity index (χ2v) is 3.95. The number of ether oxygens (including phenoxy) is 1. The molecule has 1 atom stereocenters. The van der Waals surface area contributed by atoms with E-state index in [-0.39, 0.29) is 23.9 Å². The first kappa shape index (κ1) is 12.1. The summed E-state index contributed by atoms with van der Waals surface area (Å²) in [5, 5.41) is 3.08. The maximum atomic E-state index is 13.3. The monoisotopic (exact) mass is 241 g/mol. The molecule has 0 amide bonds. The van der Waals surface area contributed by atoms with Crippen LogP contribution in [0.5, 0.6) is 0 Å². The Morgan fingerprint density at radius 2 is 2.29 bits per heavy atom. The highest BCUT2D eigenvalue weighted by Gasteiger charge is 2.20. The van der Waals surface area contributed by atoms with Crippen molar-refractivity contribution in [3.8, 4) is 0 Å². The molecular formula is C12H13F2NO2. The van der Waals surface area contributed by atoms with Gasteiger partial charge in [0.25, 0.3) is 0 Å². The highest BCUT2D eigenvalue weighted by molar-refractivity contribution is 5.96. The number of rotatable bonds is 3. The van der Waals surface area contributed by atoms with Crippen LogP contribution < -0.4 is 5.32 Å². The zero-order chi connectivity index (χ0) is 12.3. The predicted octanol–water partition coefficient (Wildman–Crippen LogP) is 1.53. The van der Waals surface area contributed by atoms with E-state index in [1.807, 2.05) is 0 Å². The van der Waals surface area contributed by atoms with Gasteiger partial charge in [-0.1, -0.05) is 0 Å². The normalized spacial score (nSPS) is 20.2. The van der Waals surface area contributed by atoms with E-state index >= 15 is 0 Å². The highest BCUT2D eigenvalue weighted by atomic mass is 19.1. The van der Waals surface area contributed by atoms with E-state index in [9.17, 15) is 13.6 Å². The largest absolute Gasteiger partial charge is 0.375 e. The van der Waals surface area contributed by atoms with Crippen molar-refractivity contribution < 1.29 is 18.3 Å². The van der Waals surface area contributed by atoms with Gasteiger partial charge < -0.3 is 10.1 Å². The molecule has 0 spiro atoms. The first-order chi connectivity index (χ1) is 8.16. The number of Topliss-reactive ketones (excluding diaryl/α,β-unsaturated/α-hetero) is 1. The molecule has 3 nitrogen and oxygen atoms in total. The lowest BCUT2D eigenvalue weighted by atomic mass is 10.0. The molecule has 1 aliphatic heterocycles. The Bertz CT molecular complexity index is 417. The van der Waals surface area contributed by atoms with Gasteiger partial charge in [0.1, 0.15) is 11.6 Å². The summed E-state index contributed by atoms with van der Waals surface area (Å²) in [4.78, 5) is 11.8. The van der Waals surface area contributed by atoms with E-state index in [4.69, 9.17) is 4.74 Å². The van der Waals surface area contributed by atoms with Crippen LogP contribution >= 0.6 is 0 Å². The summed E-state index contributed by atoms with van der Waals surface area (Å²) in [6, 6.07) is 2.97. The van der Waals surface area contributed by atoms with Gasteiger partial charge in [-0.2, -0.15) is 0 Å². The maximum Gasteiger partial charge on any atom is 0.168 e. The lowest BCUT2D eigenvalue weighted by molar-refractivity contribution is 0.0239. The number of benzene rings is 1. The summed E-state index contributed by atoms with van der Waals surface area (Å²) in [5.74, 6) is -1.87. The number of hydrogen-bond acceptors (Lipinski definition) is 3. The average molecular weight is 241 g/mol. The molecule has 92 valence electrons. The molecule has 1 heterocycles. The van der Waals surface area contributed by atoms with E-state index in [0.29, 0.717) is 19.2 Å². The van der Waals surface area contributed by atoms with Crippen LogP contribution in [0.2, 0.25) is 0 Å². The van der Waals surface area contributed by atoms with Crippen molar-refractivity contribution in [2.45, 2.75) is 12.5 Å². The highest BCUT2D eigenvalue weighted by Crippen LogP contribution is 2.14. The van der Waals surface area contributed by atoms with E-state index in [1.54, 1.807) is 0 Å². The molecule has 1 aliphatic rings. The van der Waals surface area contributed by atoms with Crippen LogP contribution in [0.25, 0.3) is 0 Å². The van der Waals surface area contributed by atoms with Crippen LogP contribution in [0.1, 0.15) is 16.8 Å². The second kappa shape index (κ2) is 5.33. The van der Waals surface area contributed by atoms with Gasteiger partial charge in [-0.3, -0.25) is 4.79 Å². The quantitative estimate of drug-likeness (QED) is 0.815. The average Bonchev–Trinajstić information content (AvgIpc) is 2.30. The van der Waals surface area contributed by atoms with Crippen molar-refractivity contribution in [2.75, 3.05) is 19.7 Å². The Morgan fingerprint density at radius 1 is 1.47 bits per heavy atom. The van der Waals surface area contributed by atoms with E-state index in [2.05, 4.69) is 5.32 Å². The molecule has 0 bridgehead atoms. The number of nitrogens with one attached hydrogen (secondary N) is 1. The summed E-state index contributed by atoms with van der Waals surface area (Å²) >= 11 is 0. The van der Waals surface area contributed by atoms with Crippen molar-refractivity contribution >= 4 is 5.78 Å². The van der Waals surface area contributed by atoms with Crippen LogP contribution in [0, 0.1) is 11.6 Å². The van der Waals surface area contributed by atoms with Crippen molar-refractivity contribution in [2.24, 2.45) is 0 Å². The summed E-state index contributed by atoms with van der Waals surface area (Å²) in [7, 11) is 0. The molecule has 2 rings (SSSR count). The molecular weight excluding hydrogens is 228 g/mol. The zero-order valence-electron chi connectivity index (χ0n) is 9.21. The third kappa shape index (κ3) is 3.08. The first-order valence-electron chi connectivity index (χ1n) is 5.47. The third-order valence-corrected chi connectivity index (χ3v) is 2.65. The number of carbonyl (C=O) groups is 1. The Hall–Kier alpha value is -1.33. The van der Waals surface area contributed by atoms with Crippen molar-refractivity contribution in [3.63, 3.8) is 0 Å². The van der Waals surface area contributed by atoms with Gasteiger partial charge in [0.15, 0.2) is 5.78 Å². The topological polar surface area (TPSA) is 38.3 Å². The van der Waals surface area contributed by atoms with Crippen LogP contribution in [0.4, 0.5) is 8.78 Å². The Labute approximate surface area is 97.8 Å². The van der Waals surface area contributed by atoms with Gasteiger partial charge in [0, 0.05) is 25.6 Å². The van der Waals surface area contributed by atoms with E-state index < -0.39 is 11.6 Å². The lowest BCUT2D eigenvalue weighted by Crippen LogP contribution is -2.39. The van der Waals surface area contributed by atoms with Gasteiger partial charge >= 0.3 is 0 Å². The van der Waals surface area contributed by atoms with Gasteiger partial charge in [0.05, 0.1) is 18.3 Å². The molecule has 0 radical (unpaired) electrons. The molecule has 1 aromatic rings. The number of ketones is 1. The number of morpholine rings is 1. The smallest absolute Gasteiger partial charge is 0.168 e. The van der Waals surface area contributed by atoms with Crippen LogP contribution in [-0.4, -0.2) is 31.6 Å². The van der Waals surface area contributed by atoms with Gasteiger partial charge in [-0.05, 0) is 12.1 Å². The van der Waals surface area contributed by atoms with Gasteiger partial charge in [-0.15, -0.1) is 0 Å². The molecule has 5 heteroatoms. The van der Waals surface area contributed by atoms with Crippen molar-refractivity contribution in [1.82, 2.24) is 5.32 Å². The Morgan fingerprint density at radius 3 is 2.94 bits per heavy atom. The maximum absolute atomic E-state index is 13.3. The fourth-order valence-corrected chi connectivity index (χ4v) is 1.78. The molecule has 0 saturated carbocycles. The predicted molar refractivity (Wildman–Crippen MR) is 57.9 cm³/mol. The van der Waals surface area contributed by atoms with Crippen LogP contribution in [0.3, 0.4) is 0 Å². The summed E-state index contributed by atoms with van der Waals surface area (Å²) < 4.78 is 31.4. The molecule has 17 heavy (non-hydrogen) atoms. The molecule has 0 aliphatic carbocycles. The van der Waals surface area contributed by atoms with Crippen molar-refractivity contribution in [1.29, 1.82) is 0 Å². The van der Waals surface area contributed by atoms with Crippen molar-refractivity contribution in [3.05, 3.63) is 35.4 Å². The first-order valence-corrected chi connectivity index (χ1v) is 5.47. The molecule has 1 aromatic carbocycles. The number of carbonyl (C=O) groups excluding carboxylic acids is 1. The van der Waals surface area contributed by atoms with E-state index in [0.717, 1.165) is 12.6 Å². The molecule has 1 fully saturated rings. The minimum atomic E-state index is -0.821. The molecule has 1 N–H and O–H groups in total. The van der Waals surface area contributed by atoms with Crippen LogP contribution in [0.15, 0.2) is 18.2 Å². The fraction of sp³-hybridized carbons (Fsp3) is 0.417. The van der Waals surface area contributed by atoms with E-state index in [1.165, 1.54) is 6.07 Å². The second-order valence-electron chi connectivity index (χ2n) is 3.95. The fourth-order valence-electron chi connectivity index (χ4n) is 1.78. The van der Waals surface area contributed by atoms with Gasteiger partial charge in [-0.25, -0.2) is 8.78 Å². The number of halogens is 2. The third-order valence-electron chi connectivity index (χ3n) is 2.65. The minimum absolute atomic E-state index is 0.0828. The summed E-state index contributed by atoms with van der Waals surface area (Å²) in [6.45, 7) is 1.88. The molecule has 0 aromatic heterocycles. The number of hydrogen-bond donors (Lipinski definition) is 1. The lowest BCUT2D eigenvalue weighted by Gasteiger charge is -2.22. The Kier molecular flexibility index (Phi) is 3.81. The minimum Gasteiger partial charge on any atom is -0.375 e. The SMILES string of the molecule is O=C(CC1CNCCO1)c1ccc(F)cc1F. The molecule has 1 saturated heterocycles. The van der Waals surface area contributed by atoms with Gasteiger partial charge in [0.2, 0.25) is 0 Å². The van der Waals surface area contributed by atoms with Crippen LogP contribution in [-0.2, 0) is 4.74 Å². The zero-order valence-corrected chi connectivity index (χ0v) is 9.21. The standard InChI is InChI=1S/C12H13F2NO2/c13-8-1-2-10(11(14)5-8)12(16)6-9-7-15-3-4-17-9/h1-2,5,9,15H,3-4,6-7H2. The summed E-state index contributed by atoms with van der Waals surface area (Å²) in [6.07, 6.45) is -0.129.